The van der Waals surface area contributed by atoms with E-state index in [1.807, 2.05) is 0 Å². The summed E-state index contributed by atoms with van der Waals surface area (Å²) in [4.78, 5) is 51.7. The molecular formula is C24H24BrN3O7. The molecule has 3 N–H and O–H groups in total. The molecule has 2 aromatic rings. The largest absolute Gasteiger partial charge is 0.508 e. The number of nitrogens with one attached hydrogen (secondary N) is 1. The third-order valence-corrected chi connectivity index (χ3v) is 7.15. The van der Waals surface area contributed by atoms with Crippen LogP contribution in [-0.2, 0) is 20.8 Å². The Bertz CT molecular complexity index is 1240. The van der Waals surface area contributed by atoms with Gasteiger partial charge in [-0.2, -0.15) is 0 Å². The fraction of sp³-hybridized carbons (Fsp3) is 0.375. The molecule has 0 aliphatic carbocycles. The number of carbonyl (C=O) groups is 3. The number of benzene rings is 2. The molecule has 35 heavy (non-hydrogen) atoms. The van der Waals surface area contributed by atoms with E-state index in [2.05, 4.69) is 21.2 Å². The van der Waals surface area contributed by atoms with Gasteiger partial charge in [0, 0.05) is 40.2 Å². The lowest BCUT2D eigenvalue weighted by atomic mass is 9.76. The van der Waals surface area contributed by atoms with Gasteiger partial charge in [0.2, 0.25) is 11.8 Å². The number of aromatic hydroxyl groups is 1. The van der Waals surface area contributed by atoms with Gasteiger partial charge < -0.3 is 10.2 Å². The average Bonchev–Trinajstić information content (AvgIpc) is 3.24. The number of nitrogens with zero attached hydrogens (tertiary/aromatic N) is 2. The number of carbonyl (C=O) groups excluding carboxylic acids is 2. The smallest absolute Gasteiger partial charge is 0.325 e. The van der Waals surface area contributed by atoms with Gasteiger partial charge in [0.25, 0.3) is 5.69 Å². The molecular weight excluding hydrogens is 522 g/mol. The molecule has 4 rings (SSSR count). The maximum Gasteiger partial charge on any atom is 0.325 e. The number of phenolic OH excluding ortho intramolecular Hbond substituents is 1. The summed E-state index contributed by atoms with van der Waals surface area (Å²) in [6, 6.07) is 9.06. The maximum atomic E-state index is 13.7. The number of carboxylic acids is 1. The van der Waals surface area contributed by atoms with Gasteiger partial charge >= 0.3 is 5.97 Å². The second kappa shape index (κ2) is 8.42. The van der Waals surface area contributed by atoms with Crippen molar-refractivity contribution in [2.45, 2.75) is 44.3 Å². The Morgan fingerprint density at radius 2 is 1.80 bits per heavy atom. The van der Waals surface area contributed by atoms with Crippen LogP contribution < -0.4 is 5.32 Å². The summed E-state index contributed by atoms with van der Waals surface area (Å²) in [5.74, 6) is -4.94. The molecule has 2 heterocycles. The van der Waals surface area contributed by atoms with Crippen LogP contribution in [0.2, 0.25) is 0 Å². The summed E-state index contributed by atoms with van der Waals surface area (Å²) in [5.41, 5.74) is -2.21. The minimum atomic E-state index is -1.90. The molecule has 2 amide bonds. The zero-order chi connectivity index (χ0) is 25.9. The number of non-ortho nitro benzene ring substituents is 1. The van der Waals surface area contributed by atoms with Crippen LogP contribution in [0.1, 0.15) is 37.9 Å². The van der Waals surface area contributed by atoms with Crippen LogP contribution in [0.25, 0.3) is 0 Å². The predicted octanol–water partition coefficient (Wildman–Crippen LogP) is 3.17. The summed E-state index contributed by atoms with van der Waals surface area (Å²) in [7, 11) is 0. The minimum absolute atomic E-state index is 0.143. The molecule has 0 saturated carbocycles. The van der Waals surface area contributed by atoms with Gasteiger partial charge in [-0.25, -0.2) is 0 Å². The number of amides is 2. The lowest BCUT2D eigenvalue weighted by Gasteiger charge is -2.35. The predicted molar refractivity (Wildman–Crippen MR) is 127 cm³/mol. The quantitative estimate of drug-likeness (QED) is 0.294. The zero-order valence-electron chi connectivity index (χ0n) is 19.2. The lowest BCUT2D eigenvalue weighted by Crippen LogP contribution is -2.58. The molecule has 2 aliphatic heterocycles. The van der Waals surface area contributed by atoms with Crippen LogP contribution >= 0.6 is 15.9 Å². The van der Waals surface area contributed by atoms with Gasteiger partial charge in [-0.15, -0.1) is 0 Å². The van der Waals surface area contributed by atoms with Crippen molar-refractivity contribution in [2.24, 2.45) is 11.8 Å². The monoisotopic (exact) mass is 545 g/mol. The standard InChI is InChI=1S/C24H24BrN3O7/c1-23(2,3)27-20(30)17-18(21(27)31)24(22(32)33,11-12-4-7-14(8-5-12)28(34)35)26-19(17)15-10-13(25)6-9-16(15)29/h4-10,17-19,26,29H,11H2,1-3H3,(H,32,33). The first-order valence-electron chi connectivity index (χ1n) is 10.9. The summed E-state index contributed by atoms with van der Waals surface area (Å²) in [5, 5.41) is 35.1. The molecule has 10 nitrogen and oxygen atoms in total. The van der Waals surface area contributed by atoms with Crippen LogP contribution in [0.4, 0.5) is 5.69 Å². The Labute approximate surface area is 209 Å². The van der Waals surface area contributed by atoms with Crippen molar-refractivity contribution in [2.75, 3.05) is 0 Å². The van der Waals surface area contributed by atoms with Crippen molar-refractivity contribution < 1.29 is 29.5 Å². The van der Waals surface area contributed by atoms with E-state index >= 15 is 0 Å². The number of carboxylic acid groups (broad SMARTS) is 1. The number of hydrogen-bond acceptors (Lipinski definition) is 7. The molecule has 11 heteroatoms. The van der Waals surface area contributed by atoms with E-state index in [-0.39, 0.29) is 23.4 Å². The molecule has 4 unspecified atom stereocenters. The van der Waals surface area contributed by atoms with Crippen molar-refractivity contribution in [1.82, 2.24) is 10.2 Å². The van der Waals surface area contributed by atoms with Gasteiger partial charge in [0.1, 0.15) is 11.3 Å². The van der Waals surface area contributed by atoms with Crippen LogP contribution in [0.15, 0.2) is 46.9 Å². The van der Waals surface area contributed by atoms with E-state index < -0.39 is 51.7 Å². The van der Waals surface area contributed by atoms with E-state index in [4.69, 9.17) is 0 Å². The third kappa shape index (κ3) is 3.98. The fourth-order valence-corrected chi connectivity index (χ4v) is 5.58. The number of aliphatic carboxylic acids is 1. The fourth-order valence-electron chi connectivity index (χ4n) is 5.20. The Morgan fingerprint density at radius 3 is 2.34 bits per heavy atom. The molecule has 4 atom stereocenters. The second-order valence-corrected chi connectivity index (χ2v) is 10.8. The Morgan fingerprint density at radius 1 is 1.17 bits per heavy atom. The van der Waals surface area contributed by atoms with Crippen LogP contribution in [-0.4, -0.2) is 48.9 Å². The van der Waals surface area contributed by atoms with Gasteiger partial charge in [-0.05, 0) is 44.5 Å². The van der Waals surface area contributed by atoms with Crippen molar-refractivity contribution in [3.8, 4) is 5.75 Å². The first-order chi connectivity index (χ1) is 16.3. The highest BCUT2D eigenvalue weighted by atomic mass is 79.9. The van der Waals surface area contributed by atoms with E-state index in [1.54, 1.807) is 32.9 Å². The Hall–Kier alpha value is -3.31. The highest BCUT2D eigenvalue weighted by molar-refractivity contribution is 9.10. The van der Waals surface area contributed by atoms with E-state index in [1.165, 1.54) is 30.3 Å². The van der Waals surface area contributed by atoms with Gasteiger partial charge in [0.15, 0.2) is 0 Å². The molecule has 184 valence electrons. The maximum absolute atomic E-state index is 13.7. The molecule has 2 aliphatic rings. The van der Waals surface area contributed by atoms with Crippen molar-refractivity contribution in [1.29, 1.82) is 0 Å². The summed E-state index contributed by atoms with van der Waals surface area (Å²) >= 11 is 3.34. The van der Waals surface area contributed by atoms with E-state index in [9.17, 15) is 34.7 Å². The van der Waals surface area contributed by atoms with E-state index in [0.29, 0.717) is 10.0 Å². The second-order valence-electron chi connectivity index (χ2n) is 9.89. The highest BCUT2D eigenvalue weighted by Crippen LogP contribution is 2.52. The normalized spacial score (nSPS) is 26.2. The third-order valence-electron chi connectivity index (χ3n) is 6.66. The SMILES string of the molecule is CC(C)(C)N1C(=O)C2C(c3cc(Br)ccc3O)NC(Cc3ccc([N+](=O)[O-])cc3)(C(=O)O)C2C1=O. The molecule has 0 aromatic heterocycles. The number of phenols is 1. The number of likely N-dealkylation sites (tertiary alicyclic amines) is 1. The molecule has 0 spiro atoms. The van der Waals surface area contributed by atoms with Crippen molar-refractivity contribution in [3.63, 3.8) is 0 Å². The molecule has 2 fully saturated rings. The van der Waals surface area contributed by atoms with Crippen molar-refractivity contribution in [3.05, 3.63) is 68.2 Å². The number of halogens is 1. The Balaban J connectivity index is 1.88. The summed E-state index contributed by atoms with van der Waals surface area (Å²) in [6.45, 7) is 5.09. The van der Waals surface area contributed by atoms with Crippen LogP contribution in [0.5, 0.6) is 5.75 Å². The van der Waals surface area contributed by atoms with Crippen LogP contribution in [0, 0.1) is 22.0 Å². The highest BCUT2D eigenvalue weighted by Gasteiger charge is 2.69. The number of rotatable bonds is 5. The molecule has 2 aromatic carbocycles. The number of nitro benzene ring substituents is 1. The van der Waals surface area contributed by atoms with Gasteiger partial charge in [-0.1, -0.05) is 28.1 Å². The number of imide groups is 1. The van der Waals surface area contributed by atoms with Gasteiger partial charge in [-0.3, -0.25) is 34.7 Å². The van der Waals surface area contributed by atoms with Gasteiger partial charge in [0.05, 0.1) is 16.8 Å². The number of nitro groups is 1. The lowest BCUT2D eigenvalue weighted by molar-refractivity contribution is -0.384. The van der Waals surface area contributed by atoms with Crippen LogP contribution in [0.3, 0.4) is 0 Å². The number of fused-ring (bicyclic) bond motifs is 1. The van der Waals surface area contributed by atoms with Crippen molar-refractivity contribution >= 4 is 39.4 Å². The minimum Gasteiger partial charge on any atom is -0.508 e. The average molecular weight is 546 g/mol. The summed E-state index contributed by atoms with van der Waals surface area (Å²) < 4.78 is 0.608. The topological polar surface area (TPSA) is 150 Å². The first-order valence-corrected chi connectivity index (χ1v) is 11.7. The van der Waals surface area contributed by atoms with E-state index in [0.717, 1.165) is 4.90 Å². The molecule has 0 radical (unpaired) electrons. The summed E-state index contributed by atoms with van der Waals surface area (Å²) in [6.07, 6.45) is -0.205. The first kappa shape index (κ1) is 24.8. The Kier molecular flexibility index (Phi) is 5.97. The molecule has 0 bridgehead atoms. The zero-order valence-corrected chi connectivity index (χ0v) is 20.8. The number of hydrogen-bond donors (Lipinski definition) is 3. The molecule has 2 saturated heterocycles.